The van der Waals surface area contributed by atoms with Crippen LogP contribution < -0.4 is 0 Å². The lowest BCUT2D eigenvalue weighted by Crippen LogP contribution is -2.14. The van der Waals surface area contributed by atoms with E-state index in [-0.39, 0.29) is 0 Å². The van der Waals surface area contributed by atoms with Crippen molar-refractivity contribution in [1.82, 2.24) is 0 Å². The minimum atomic E-state index is -0.890. The Balaban J connectivity index is 4.04. The zero-order valence-electron chi connectivity index (χ0n) is 6.15. The van der Waals surface area contributed by atoms with Crippen LogP contribution in [0.4, 0.5) is 0 Å². The molecule has 9 heavy (non-hydrogen) atoms. The Bertz CT molecular complexity index is 161. The summed E-state index contributed by atoms with van der Waals surface area (Å²) in [4.78, 5) is 0. The first-order valence-corrected chi connectivity index (χ1v) is 2.83. The van der Waals surface area contributed by atoms with E-state index in [0.29, 0.717) is 0 Å². The first kappa shape index (κ1) is 8.26. The average molecular weight is 124 g/mol. The molecule has 0 bridgehead atoms. The third-order valence-electron chi connectivity index (χ3n) is 0.582. The van der Waals surface area contributed by atoms with Gasteiger partial charge < -0.3 is 5.11 Å². The van der Waals surface area contributed by atoms with Gasteiger partial charge in [0.05, 0.1) is 0 Å². The van der Waals surface area contributed by atoms with Gasteiger partial charge in [-0.15, -0.1) is 0 Å². The summed E-state index contributed by atoms with van der Waals surface area (Å²) in [5.74, 6) is 5.32. The zero-order valence-corrected chi connectivity index (χ0v) is 6.15. The molecule has 0 fully saturated rings. The highest BCUT2D eigenvalue weighted by molar-refractivity contribution is 5.26. The van der Waals surface area contributed by atoms with Crippen LogP contribution in [0.15, 0.2) is 12.2 Å². The molecule has 0 aromatic heterocycles. The molecule has 1 heteroatoms. The van der Waals surface area contributed by atoms with E-state index in [1.165, 1.54) is 0 Å². The van der Waals surface area contributed by atoms with Crippen LogP contribution in [0.3, 0.4) is 0 Å². The van der Waals surface area contributed by atoms with Crippen molar-refractivity contribution >= 4 is 0 Å². The SMILES string of the molecule is C=C(C)C#CC(C)(C)O. The van der Waals surface area contributed by atoms with Crippen LogP contribution in [-0.2, 0) is 0 Å². The Hall–Kier alpha value is -0.740. The predicted octanol–water partition coefficient (Wildman–Crippen LogP) is 1.34. The third kappa shape index (κ3) is 7.26. The molecule has 0 aliphatic carbocycles. The molecule has 0 atom stereocenters. The predicted molar refractivity (Wildman–Crippen MR) is 38.9 cm³/mol. The van der Waals surface area contributed by atoms with Gasteiger partial charge in [0.25, 0.3) is 0 Å². The van der Waals surface area contributed by atoms with Crippen molar-refractivity contribution in [3.63, 3.8) is 0 Å². The molecule has 0 aromatic carbocycles. The summed E-state index contributed by atoms with van der Waals surface area (Å²) in [5, 5.41) is 9.05. The van der Waals surface area contributed by atoms with E-state index in [2.05, 4.69) is 18.4 Å². The van der Waals surface area contributed by atoms with Crippen molar-refractivity contribution in [2.45, 2.75) is 26.4 Å². The van der Waals surface area contributed by atoms with Crippen LogP contribution in [0.1, 0.15) is 20.8 Å². The topological polar surface area (TPSA) is 20.2 Å². The number of hydrogen-bond donors (Lipinski definition) is 1. The van der Waals surface area contributed by atoms with Gasteiger partial charge in [-0.25, -0.2) is 0 Å². The van der Waals surface area contributed by atoms with E-state index in [9.17, 15) is 0 Å². The van der Waals surface area contributed by atoms with E-state index in [4.69, 9.17) is 5.11 Å². The van der Waals surface area contributed by atoms with Gasteiger partial charge in [-0.1, -0.05) is 18.4 Å². The molecular formula is C8H12O. The fourth-order valence-corrected chi connectivity index (χ4v) is 0.260. The minimum Gasteiger partial charge on any atom is -0.378 e. The maximum Gasteiger partial charge on any atom is 0.120 e. The Morgan fingerprint density at radius 3 is 2.11 bits per heavy atom. The second kappa shape index (κ2) is 2.70. The number of aliphatic hydroxyl groups is 1. The van der Waals surface area contributed by atoms with Gasteiger partial charge in [0.1, 0.15) is 5.60 Å². The molecule has 0 saturated heterocycles. The molecule has 0 amide bonds. The van der Waals surface area contributed by atoms with Crippen molar-refractivity contribution in [3.8, 4) is 11.8 Å². The molecule has 0 rings (SSSR count). The minimum absolute atomic E-state index is 0.775. The Labute approximate surface area is 56.4 Å². The van der Waals surface area contributed by atoms with Crippen molar-refractivity contribution in [1.29, 1.82) is 0 Å². The summed E-state index contributed by atoms with van der Waals surface area (Å²) < 4.78 is 0. The van der Waals surface area contributed by atoms with Crippen molar-refractivity contribution in [2.75, 3.05) is 0 Å². The van der Waals surface area contributed by atoms with Crippen LogP contribution >= 0.6 is 0 Å². The molecule has 0 heterocycles. The monoisotopic (exact) mass is 124 g/mol. The molecule has 0 spiro atoms. The molecule has 0 saturated carbocycles. The van der Waals surface area contributed by atoms with E-state index in [1.807, 2.05) is 0 Å². The highest BCUT2D eigenvalue weighted by Crippen LogP contribution is 1.97. The number of allylic oxidation sites excluding steroid dienone is 1. The van der Waals surface area contributed by atoms with E-state index >= 15 is 0 Å². The first-order chi connectivity index (χ1) is 3.92. The molecule has 0 aromatic rings. The lowest BCUT2D eigenvalue weighted by atomic mass is 10.1. The molecule has 50 valence electrons. The van der Waals surface area contributed by atoms with E-state index < -0.39 is 5.60 Å². The van der Waals surface area contributed by atoms with Crippen molar-refractivity contribution in [2.24, 2.45) is 0 Å². The maximum atomic E-state index is 9.05. The van der Waals surface area contributed by atoms with Gasteiger partial charge in [0.2, 0.25) is 0 Å². The van der Waals surface area contributed by atoms with Gasteiger partial charge >= 0.3 is 0 Å². The van der Waals surface area contributed by atoms with E-state index in [0.717, 1.165) is 5.57 Å². The number of hydrogen-bond acceptors (Lipinski definition) is 1. The summed E-state index contributed by atoms with van der Waals surface area (Å²) in [5.41, 5.74) is -0.115. The van der Waals surface area contributed by atoms with Crippen LogP contribution in [0.2, 0.25) is 0 Å². The molecule has 0 aliphatic rings. The van der Waals surface area contributed by atoms with Crippen molar-refractivity contribution < 1.29 is 5.11 Å². The first-order valence-electron chi connectivity index (χ1n) is 2.83. The second-order valence-electron chi connectivity index (χ2n) is 2.59. The largest absolute Gasteiger partial charge is 0.378 e. The molecule has 0 radical (unpaired) electrons. The Morgan fingerprint density at radius 2 is 2.00 bits per heavy atom. The molecule has 1 N–H and O–H groups in total. The lowest BCUT2D eigenvalue weighted by molar-refractivity contribution is 0.143. The molecule has 1 nitrogen and oxygen atoms in total. The third-order valence-corrected chi connectivity index (χ3v) is 0.582. The highest BCUT2D eigenvalue weighted by Gasteiger charge is 2.04. The Morgan fingerprint density at radius 1 is 1.56 bits per heavy atom. The number of rotatable bonds is 0. The summed E-state index contributed by atoms with van der Waals surface area (Å²) in [6.45, 7) is 8.66. The Kier molecular flexibility index (Phi) is 2.48. The zero-order chi connectivity index (χ0) is 7.49. The van der Waals surface area contributed by atoms with Crippen LogP contribution in [-0.4, -0.2) is 10.7 Å². The molecule has 0 unspecified atom stereocenters. The quantitative estimate of drug-likeness (QED) is 0.483. The van der Waals surface area contributed by atoms with Crippen LogP contribution in [0.25, 0.3) is 0 Å². The second-order valence-corrected chi connectivity index (χ2v) is 2.59. The molecule has 0 aliphatic heterocycles. The smallest absolute Gasteiger partial charge is 0.120 e. The standard InChI is InChI=1S/C8H12O/c1-7(2)5-6-8(3,4)9/h9H,1H2,2-4H3. The molecular weight excluding hydrogens is 112 g/mol. The summed E-state index contributed by atoms with van der Waals surface area (Å²) in [6, 6.07) is 0. The van der Waals surface area contributed by atoms with Gasteiger partial charge in [0.15, 0.2) is 0 Å². The van der Waals surface area contributed by atoms with E-state index in [1.54, 1.807) is 20.8 Å². The normalized spacial score (nSPS) is 9.78. The van der Waals surface area contributed by atoms with Gasteiger partial charge in [-0.05, 0) is 26.3 Å². The van der Waals surface area contributed by atoms with Crippen molar-refractivity contribution in [3.05, 3.63) is 12.2 Å². The summed E-state index contributed by atoms with van der Waals surface area (Å²) in [7, 11) is 0. The fraction of sp³-hybridized carbons (Fsp3) is 0.500. The summed E-state index contributed by atoms with van der Waals surface area (Å²) >= 11 is 0. The average Bonchev–Trinajstić information content (AvgIpc) is 1.59. The van der Waals surface area contributed by atoms with Crippen LogP contribution in [0, 0.1) is 11.8 Å². The fourth-order valence-electron chi connectivity index (χ4n) is 0.260. The van der Waals surface area contributed by atoms with Crippen LogP contribution in [0.5, 0.6) is 0 Å². The highest BCUT2D eigenvalue weighted by atomic mass is 16.3. The van der Waals surface area contributed by atoms with Gasteiger partial charge in [-0.3, -0.25) is 0 Å². The van der Waals surface area contributed by atoms with Gasteiger partial charge in [-0.2, -0.15) is 0 Å². The van der Waals surface area contributed by atoms with Gasteiger partial charge in [0, 0.05) is 0 Å². The summed E-state index contributed by atoms with van der Waals surface area (Å²) in [6.07, 6.45) is 0. The lowest BCUT2D eigenvalue weighted by Gasteiger charge is -2.05. The maximum absolute atomic E-state index is 9.05.